The molecule has 0 radical (unpaired) electrons. The van der Waals surface area contributed by atoms with Crippen molar-refractivity contribution in [3.63, 3.8) is 0 Å². The first-order valence-corrected chi connectivity index (χ1v) is 10.3. The molecule has 4 rings (SSSR count). The van der Waals surface area contributed by atoms with Crippen LogP contribution < -0.4 is 15.0 Å². The van der Waals surface area contributed by atoms with Crippen LogP contribution >= 0.6 is 0 Å². The van der Waals surface area contributed by atoms with Crippen LogP contribution in [0.2, 0.25) is 0 Å². The highest BCUT2D eigenvalue weighted by atomic mass is 16.5. The summed E-state index contributed by atoms with van der Waals surface area (Å²) in [5, 5.41) is 10.6. The molecule has 8 heteroatoms. The Morgan fingerprint density at radius 3 is 2.55 bits per heavy atom. The number of aryl methyl sites for hydroxylation is 1. The molecule has 0 spiro atoms. The number of ether oxygens (including phenoxy) is 1. The van der Waals surface area contributed by atoms with Crippen molar-refractivity contribution < 1.29 is 18.7 Å². The molecule has 1 aliphatic heterocycles. The van der Waals surface area contributed by atoms with E-state index in [0.717, 1.165) is 23.4 Å². The van der Waals surface area contributed by atoms with Crippen molar-refractivity contribution in [2.75, 3.05) is 23.4 Å². The van der Waals surface area contributed by atoms with Crippen molar-refractivity contribution in [2.24, 2.45) is 0 Å². The van der Waals surface area contributed by atoms with E-state index in [-0.39, 0.29) is 30.2 Å². The highest BCUT2D eigenvalue weighted by Gasteiger charge is 2.35. The minimum absolute atomic E-state index is 0.0195. The van der Waals surface area contributed by atoms with Crippen LogP contribution in [0.25, 0.3) is 0 Å². The topological polar surface area (TPSA) is 97.6 Å². The Kier molecular flexibility index (Phi) is 5.97. The van der Waals surface area contributed by atoms with E-state index in [4.69, 9.17) is 9.15 Å². The van der Waals surface area contributed by atoms with E-state index in [1.807, 2.05) is 43.3 Å². The minimum atomic E-state index is -0.323. The van der Waals surface area contributed by atoms with Gasteiger partial charge in [-0.25, -0.2) is 0 Å². The molecule has 160 valence electrons. The molecule has 2 heterocycles. The van der Waals surface area contributed by atoms with Gasteiger partial charge in [0, 0.05) is 24.2 Å². The molecular weight excluding hydrogens is 396 g/mol. The zero-order valence-corrected chi connectivity index (χ0v) is 17.5. The van der Waals surface area contributed by atoms with Crippen LogP contribution in [0.3, 0.4) is 0 Å². The van der Waals surface area contributed by atoms with Crippen molar-refractivity contribution in [3.8, 4) is 5.75 Å². The predicted octanol–water partition coefficient (Wildman–Crippen LogP) is 3.80. The van der Waals surface area contributed by atoms with Crippen LogP contribution in [-0.2, 0) is 11.2 Å². The number of nitrogens with one attached hydrogen (secondary N) is 1. The summed E-state index contributed by atoms with van der Waals surface area (Å²) in [5.41, 5.74) is 2.45. The highest BCUT2D eigenvalue weighted by Crippen LogP contribution is 2.32. The Balaban J connectivity index is 1.40. The third kappa shape index (κ3) is 4.58. The quantitative estimate of drug-likeness (QED) is 0.624. The van der Waals surface area contributed by atoms with E-state index in [2.05, 4.69) is 22.4 Å². The van der Waals surface area contributed by atoms with Gasteiger partial charge in [-0.05, 0) is 55.3 Å². The van der Waals surface area contributed by atoms with Crippen molar-refractivity contribution in [2.45, 2.75) is 32.6 Å². The minimum Gasteiger partial charge on any atom is -0.494 e. The number of aromatic nitrogens is 2. The number of amides is 2. The Labute approximate surface area is 180 Å². The first-order chi connectivity index (χ1) is 15.1. The van der Waals surface area contributed by atoms with Gasteiger partial charge in [-0.1, -0.05) is 24.2 Å². The lowest BCUT2D eigenvalue weighted by Crippen LogP contribution is -2.24. The number of benzene rings is 2. The standard InChI is InChI=1S/C23H24N4O4/c1-3-15-5-7-16(8-6-15)21(29)24-23-26-25-22(31-23)17-13-20(28)27(14-17)18-9-11-19(12-10-18)30-4-2/h5-12,17H,3-4,13-14H2,1-2H3,(H,24,26,29). The molecule has 0 aliphatic carbocycles. The second-order valence-corrected chi connectivity index (χ2v) is 7.28. The number of hydrogen-bond acceptors (Lipinski definition) is 6. The number of rotatable bonds is 7. The predicted molar refractivity (Wildman–Crippen MR) is 115 cm³/mol. The van der Waals surface area contributed by atoms with Crippen LogP contribution in [0.1, 0.15) is 48.0 Å². The summed E-state index contributed by atoms with van der Waals surface area (Å²) in [7, 11) is 0. The number of nitrogens with zero attached hydrogens (tertiary/aromatic N) is 3. The summed E-state index contributed by atoms with van der Waals surface area (Å²) >= 11 is 0. The summed E-state index contributed by atoms with van der Waals surface area (Å²) in [4.78, 5) is 26.6. The number of carbonyl (C=O) groups is 2. The highest BCUT2D eigenvalue weighted by molar-refractivity contribution is 6.03. The van der Waals surface area contributed by atoms with Gasteiger partial charge in [0.25, 0.3) is 5.91 Å². The van der Waals surface area contributed by atoms with Crippen LogP contribution in [-0.4, -0.2) is 35.2 Å². The molecular formula is C23H24N4O4. The van der Waals surface area contributed by atoms with Gasteiger partial charge in [0.15, 0.2) is 0 Å². The van der Waals surface area contributed by atoms with E-state index >= 15 is 0 Å². The van der Waals surface area contributed by atoms with Crippen molar-refractivity contribution in [3.05, 3.63) is 65.5 Å². The van der Waals surface area contributed by atoms with E-state index in [1.165, 1.54) is 0 Å². The average Bonchev–Trinajstić information content (AvgIpc) is 3.41. The number of carbonyl (C=O) groups excluding carboxylic acids is 2. The molecule has 1 aliphatic rings. The third-order valence-electron chi connectivity index (χ3n) is 5.22. The van der Waals surface area contributed by atoms with E-state index in [9.17, 15) is 9.59 Å². The number of anilines is 2. The maximum absolute atomic E-state index is 12.5. The fraction of sp³-hybridized carbons (Fsp3) is 0.304. The molecule has 1 atom stereocenters. The maximum atomic E-state index is 12.5. The van der Waals surface area contributed by atoms with Crippen molar-refractivity contribution in [1.82, 2.24) is 10.2 Å². The second kappa shape index (κ2) is 8.99. The Morgan fingerprint density at radius 2 is 1.87 bits per heavy atom. The van der Waals surface area contributed by atoms with Gasteiger partial charge in [0.1, 0.15) is 5.75 Å². The zero-order chi connectivity index (χ0) is 21.8. The number of hydrogen-bond donors (Lipinski definition) is 1. The summed E-state index contributed by atoms with van der Waals surface area (Å²) in [6, 6.07) is 14.8. The van der Waals surface area contributed by atoms with Crippen LogP contribution in [0, 0.1) is 0 Å². The van der Waals surface area contributed by atoms with E-state index in [1.54, 1.807) is 17.0 Å². The van der Waals surface area contributed by atoms with Gasteiger partial charge in [-0.2, -0.15) is 0 Å². The molecule has 0 bridgehead atoms. The molecule has 1 saturated heterocycles. The van der Waals surface area contributed by atoms with Gasteiger partial charge < -0.3 is 14.1 Å². The van der Waals surface area contributed by atoms with Crippen LogP contribution in [0.4, 0.5) is 11.7 Å². The van der Waals surface area contributed by atoms with E-state index < -0.39 is 0 Å². The van der Waals surface area contributed by atoms with Crippen molar-refractivity contribution >= 4 is 23.5 Å². The molecule has 1 N–H and O–H groups in total. The molecule has 2 amide bonds. The largest absolute Gasteiger partial charge is 0.494 e. The maximum Gasteiger partial charge on any atom is 0.322 e. The molecule has 1 fully saturated rings. The summed E-state index contributed by atoms with van der Waals surface area (Å²) in [6.07, 6.45) is 1.17. The zero-order valence-electron chi connectivity index (χ0n) is 17.5. The normalized spacial score (nSPS) is 15.9. The lowest BCUT2D eigenvalue weighted by molar-refractivity contribution is -0.117. The summed E-state index contributed by atoms with van der Waals surface area (Å²) < 4.78 is 11.1. The third-order valence-corrected chi connectivity index (χ3v) is 5.22. The average molecular weight is 420 g/mol. The summed E-state index contributed by atoms with van der Waals surface area (Å²) in [5.74, 6) is 0.515. The van der Waals surface area contributed by atoms with Gasteiger partial charge in [0.2, 0.25) is 11.8 Å². The SMILES string of the molecule is CCOc1ccc(N2CC(c3nnc(NC(=O)c4ccc(CC)cc4)o3)CC2=O)cc1. The fourth-order valence-corrected chi connectivity index (χ4v) is 3.52. The van der Waals surface area contributed by atoms with Crippen molar-refractivity contribution in [1.29, 1.82) is 0 Å². The van der Waals surface area contributed by atoms with Crippen LogP contribution in [0.5, 0.6) is 5.75 Å². The van der Waals surface area contributed by atoms with Gasteiger partial charge in [-0.3, -0.25) is 14.9 Å². The Bertz CT molecular complexity index is 1060. The van der Waals surface area contributed by atoms with Gasteiger partial charge in [-0.15, -0.1) is 5.10 Å². The fourth-order valence-electron chi connectivity index (χ4n) is 3.52. The molecule has 0 saturated carbocycles. The lowest BCUT2D eigenvalue weighted by Gasteiger charge is -2.16. The van der Waals surface area contributed by atoms with E-state index in [0.29, 0.717) is 24.6 Å². The lowest BCUT2D eigenvalue weighted by atomic mass is 10.1. The first kappa shape index (κ1) is 20.6. The molecule has 1 aromatic heterocycles. The molecule has 8 nitrogen and oxygen atoms in total. The monoisotopic (exact) mass is 420 g/mol. The second-order valence-electron chi connectivity index (χ2n) is 7.28. The van der Waals surface area contributed by atoms with Crippen LogP contribution in [0.15, 0.2) is 52.9 Å². The first-order valence-electron chi connectivity index (χ1n) is 10.3. The molecule has 3 aromatic rings. The molecule has 2 aromatic carbocycles. The smallest absolute Gasteiger partial charge is 0.322 e. The Hall–Kier alpha value is -3.68. The molecule has 1 unspecified atom stereocenters. The summed E-state index contributed by atoms with van der Waals surface area (Å²) in [6.45, 7) is 5.00. The van der Waals surface area contributed by atoms with Gasteiger partial charge >= 0.3 is 6.01 Å². The van der Waals surface area contributed by atoms with Gasteiger partial charge in [0.05, 0.1) is 12.5 Å². The Morgan fingerprint density at radius 1 is 1.13 bits per heavy atom. The molecule has 31 heavy (non-hydrogen) atoms.